The number of aromatic hydroxyl groups is 1. The van der Waals surface area contributed by atoms with Gasteiger partial charge in [-0.2, -0.15) is 5.10 Å². The number of H-pyrrole nitrogens is 1. The third-order valence-electron chi connectivity index (χ3n) is 4.08. The summed E-state index contributed by atoms with van der Waals surface area (Å²) in [6.45, 7) is 1.23. The van der Waals surface area contributed by atoms with Crippen molar-refractivity contribution < 1.29 is 14.6 Å². The molecule has 0 atom stereocenters. The maximum absolute atomic E-state index is 12.3. The van der Waals surface area contributed by atoms with E-state index in [1.54, 1.807) is 6.07 Å². The first kappa shape index (κ1) is 15.3. The molecule has 0 radical (unpaired) electrons. The standard InChI is InChI=1S/C18H16N4O3/c23-14-7-12(8-19-9-14)18(24)20-13-3-1-2-11(6-13)17-15-10-25-5-4-16(15)21-22-17/h1-3,6-9,23H,4-5,10H2,(H,20,24)(H,21,22). The summed E-state index contributed by atoms with van der Waals surface area (Å²) in [4.78, 5) is 16.1. The van der Waals surface area contributed by atoms with Crippen molar-refractivity contribution in [2.24, 2.45) is 0 Å². The van der Waals surface area contributed by atoms with Crippen molar-refractivity contribution in [2.75, 3.05) is 11.9 Å². The third-order valence-corrected chi connectivity index (χ3v) is 4.08. The van der Waals surface area contributed by atoms with Gasteiger partial charge in [0.05, 0.1) is 30.7 Å². The first-order valence-electron chi connectivity index (χ1n) is 7.90. The Bertz CT molecular complexity index is 936. The molecule has 4 rings (SSSR count). The van der Waals surface area contributed by atoms with Gasteiger partial charge >= 0.3 is 0 Å². The summed E-state index contributed by atoms with van der Waals surface area (Å²) in [7, 11) is 0. The molecule has 7 nitrogen and oxygen atoms in total. The Hall–Kier alpha value is -3.19. The molecule has 1 aromatic carbocycles. The van der Waals surface area contributed by atoms with E-state index >= 15 is 0 Å². The Morgan fingerprint density at radius 3 is 3.08 bits per heavy atom. The summed E-state index contributed by atoms with van der Waals surface area (Å²) in [5.41, 5.74) is 4.82. The summed E-state index contributed by atoms with van der Waals surface area (Å²) >= 11 is 0. The van der Waals surface area contributed by atoms with Crippen LogP contribution in [-0.2, 0) is 17.8 Å². The fourth-order valence-electron chi connectivity index (χ4n) is 2.85. The zero-order chi connectivity index (χ0) is 17.2. The zero-order valence-corrected chi connectivity index (χ0v) is 13.3. The highest BCUT2D eigenvalue weighted by Crippen LogP contribution is 2.29. The largest absolute Gasteiger partial charge is 0.506 e. The smallest absolute Gasteiger partial charge is 0.257 e. The lowest BCUT2D eigenvalue weighted by molar-refractivity contribution is 0.102. The van der Waals surface area contributed by atoms with Crippen molar-refractivity contribution in [3.8, 4) is 17.0 Å². The number of anilines is 1. The minimum absolute atomic E-state index is 0.0513. The molecule has 1 aliphatic heterocycles. The molecule has 3 aromatic rings. The quantitative estimate of drug-likeness (QED) is 0.682. The van der Waals surface area contributed by atoms with E-state index < -0.39 is 0 Å². The fraction of sp³-hybridized carbons (Fsp3) is 0.167. The molecule has 2 aromatic heterocycles. The van der Waals surface area contributed by atoms with Crippen molar-refractivity contribution >= 4 is 11.6 Å². The average molecular weight is 336 g/mol. The van der Waals surface area contributed by atoms with Gasteiger partial charge in [-0.25, -0.2) is 0 Å². The molecule has 0 aliphatic carbocycles. The number of carbonyl (C=O) groups excluding carboxylic acids is 1. The first-order chi connectivity index (χ1) is 12.2. The van der Waals surface area contributed by atoms with Gasteiger partial charge in [0.2, 0.25) is 0 Å². The minimum atomic E-state index is -0.340. The Labute approximate surface area is 143 Å². The van der Waals surface area contributed by atoms with Crippen LogP contribution < -0.4 is 5.32 Å². The second kappa shape index (κ2) is 6.37. The molecule has 126 valence electrons. The molecular weight excluding hydrogens is 320 g/mol. The molecule has 0 saturated carbocycles. The highest BCUT2D eigenvalue weighted by molar-refractivity contribution is 6.04. The average Bonchev–Trinajstić information content (AvgIpc) is 3.06. The number of aromatic nitrogens is 3. The third kappa shape index (κ3) is 3.09. The second-order valence-electron chi connectivity index (χ2n) is 5.80. The number of carbonyl (C=O) groups is 1. The number of nitrogens with one attached hydrogen (secondary N) is 2. The van der Waals surface area contributed by atoms with E-state index in [1.165, 1.54) is 18.5 Å². The van der Waals surface area contributed by atoms with Gasteiger partial charge in [0.15, 0.2) is 0 Å². The van der Waals surface area contributed by atoms with Gasteiger partial charge < -0.3 is 15.2 Å². The van der Waals surface area contributed by atoms with Crippen LogP contribution in [0.15, 0.2) is 42.7 Å². The van der Waals surface area contributed by atoms with Crippen LogP contribution in [0.4, 0.5) is 5.69 Å². The maximum atomic E-state index is 12.3. The van der Waals surface area contributed by atoms with Crippen LogP contribution in [0.2, 0.25) is 0 Å². The summed E-state index contributed by atoms with van der Waals surface area (Å²) < 4.78 is 5.52. The zero-order valence-electron chi connectivity index (χ0n) is 13.3. The molecule has 0 unspecified atom stereocenters. The van der Waals surface area contributed by atoms with Gasteiger partial charge in [-0.3, -0.25) is 14.9 Å². The second-order valence-corrected chi connectivity index (χ2v) is 5.80. The number of nitrogens with zero attached hydrogens (tertiary/aromatic N) is 2. The van der Waals surface area contributed by atoms with Crippen molar-refractivity contribution in [2.45, 2.75) is 13.0 Å². The predicted molar refractivity (Wildman–Crippen MR) is 91.2 cm³/mol. The van der Waals surface area contributed by atoms with Gasteiger partial charge in [0.1, 0.15) is 5.75 Å². The molecule has 1 aliphatic rings. The highest BCUT2D eigenvalue weighted by atomic mass is 16.5. The number of benzene rings is 1. The van der Waals surface area contributed by atoms with E-state index in [-0.39, 0.29) is 17.2 Å². The molecule has 0 fully saturated rings. The van der Waals surface area contributed by atoms with Crippen molar-refractivity contribution in [3.63, 3.8) is 0 Å². The van der Waals surface area contributed by atoms with Crippen LogP contribution in [0.1, 0.15) is 21.6 Å². The Balaban J connectivity index is 1.60. The number of amides is 1. The lowest BCUT2D eigenvalue weighted by Crippen LogP contribution is -2.12. The molecule has 3 heterocycles. The van der Waals surface area contributed by atoms with E-state index in [9.17, 15) is 9.90 Å². The fourth-order valence-corrected chi connectivity index (χ4v) is 2.85. The number of rotatable bonds is 3. The molecule has 0 spiro atoms. The van der Waals surface area contributed by atoms with Crippen molar-refractivity contribution in [1.82, 2.24) is 15.2 Å². The summed E-state index contributed by atoms with van der Waals surface area (Å²) in [6, 6.07) is 8.83. The van der Waals surface area contributed by atoms with Gasteiger partial charge in [-0.05, 0) is 18.2 Å². The van der Waals surface area contributed by atoms with Crippen LogP contribution in [0.25, 0.3) is 11.3 Å². The number of pyridine rings is 1. The lowest BCUT2D eigenvalue weighted by Gasteiger charge is -2.13. The van der Waals surface area contributed by atoms with Gasteiger partial charge in [-0.1, -0.05) is 12.1 Å². The SMILES string of the molecule is O=C(Nc1cccc(-c2n[nH]c3c2COCC3)c1)c1cncc(O)c1. The Morgan fingerprint density at radius 2 is 2.20 bits per heavy atom. The van der Waals surface area contributed by atoms with E-state index in [2.05, 4.69) is 20.5 Å². The summed E-state index contributed by atoms with van der Waals surface area (Å²) in [6.07, 6.45) is 3.50. The highest BCUT2D eigenvalue weighted by Gasteiger charge is 2.18. The van der Waals surface area contributed by atoms with Crippen LogP contribution >= 0.6 is 0 Å². The van der Waals surface area contributed by atoms with Gasteiger partial charge in [-0.15, -0.1) is 0 Å². The number of hydrogen-bond acceptors (Lipinski definition) is 5. The predicted octanol–water partition coefficient (Wildman–Crippen LogP) is 2.50. The molecule has 1 amide bonds. The van der Waals surface area contributed by atoms with E-state index in [0.717, 1.165) is 28.9 Å². The maximum Gasteiger partial charge on any atom is 0.257 e. The molecule has 0 saturated heterocycles. The number of aromatic amines is 1. The van der Waals surface area contributed by atoms with Crippen molar-refractivity contribution in [3.05, 3.63) is 59.5 Å². The number of fused-ring (bicyclic) bond motifs is 1. The first-order valence-corrected chi connectivity index (χ1v) is 7.90. The van der Waals surface area contributed by atoms with Crippen LogP contribution in [-0.4, -0.2) is 32.8 Å². The van der Waals surface area contributed by atoms with E-state index in [0.29, 0.717) is 18.9 Å². The van der Waals surface area contributed by atoms with Crippen LogP contribution in [0.3, 0.4) is 0 Å². The van der Waals surface area contributed by atoms with E-state index in [1.807, 2.05) is 18.2 Å². The molecular formula is C18H16N4O3. The van der Waals surface area contributed by atoms with E-state index in [4.69, 9.17) is 4.74 Å². The lowest BCUT2D eigenvalue weighted by atomic mass is 10.0. The Morgan fingerprint density at radius 1 is 1.28 bits per heavy atom. The number of ether oxygens (including phenoxy) is 1. The topological polar surface area (TPSA) is 100 Å². The normalized spacial score (nSPS) is 13.3. The van der Waals surface area contributed by atoms with Gasteiger partial charge in [0, 0.05) is 35.1 Å². The molecule has 25 heavy (non-hydrogen) atoms. The summed E-state index contributed by atoms with van der Waals surface area (Å²) in [5.74, 6) is -0.391. The summed E-state index contributed by atoms with van der Waals surface area (Å²) in [5, 5.41) is 19.7. The molecule has 0 bridgehead atoms. The minimum Gasteiger partial charge on any atom is -0.506 e. The van der Waals surface area contributed by atoms with Gasteiger partial charge in [0.25, 0.3) is 5.91 Å². The van der Waals surface area contributed by atoms with Crippen LogP contribution in [0, 0.1) is 0 Å². The molecule has 7 heteroatoms. The van der Waals surface area contributed by atoms with Crippen LogP contribution in [0.5, 0.6) is 5.75 Å². The number of hydrogen-bond donors (Lipinski definition) is 3. The van der Waals surface area contributed by atoms with Crippen molar-refractivity contribution in [1.29, 1.82) is 0 Å². The monoisotopic (exact) mass is 336 g/mol. The Kier molecular flexibility index (Phi) is 3.91. The molecule has 3 N–H and O–H groups in total.